The molecule has 4 heteroatoms. The molecule has 3 rings (SSSR count). The Morgan fingerprint density at radius 3 is 2.80 bits per heavy atom. The molecule has 1 aliphatic carbocycles. The van der Waals surface area contributed by atoms with Crippen molar-refractivity contribution in [2.24, 2.45) is 5.73 Å². The van der Waals surface area contributed by atoms with Gasteiger partial charge in [-0.3, -0.25) is 15.0 Å². The molecule has 4 N–H and O–H groups in total. The lowest BCUT2D eigenvalue weighted by Crippen LogP contribution is -2.11. The first-order valence-electron chi connectivity index (χ1n) is 4.65. The molecule has 1 heterocycles. The number of rotatable bonds is 1. The smallest absolute Gasteiger partial charge is 0.267 e. The maximum Gasteiger partial charge on any atom is 0.267 e. The molecule has 1 aliphatic heterocycles. The van der Waals surface area contributed by atoms with Gasteiger partial charge >= 0.3 is 0 Å². The second-order valence-electron chi connectivity index (χ2n) is 3.51. The van der Waals surface area contributed by atoms with Crippen molar-refractivity contribution in [2.75, 3.05) is 0 Å². The molecule has 1 aromatic rings. The van der Waals surface area contributed by atoms with Crippen molar-refractivity contribution in [2.45, 2.75) is 0 Å². The van der Waals surface area contributed by atoms with Crippen LogP contribution in [0.15, 0.2) is 30.3 Å². The summed E-state index contributed by atoms with van der Waals surface area (Å²) in [5, 5.41) is 7.95. The highest BCUT2D eigenvalue weighted by molar-refractivity contribution is 6.07. The molecule has 0 atom stereocenters. The topological polar surface area (TPSA) is 74.7 Å². The number of fused-ring (bicyclic) bond motifs is 3. The summed E-state index contributed by atoms with van der Waals surface area (Å²) >= 11 is 0. The van der Waals surface area contributed by atoms with Crippen LogP contribution in [0.4, 0.5) is 0 Å². The van der Waals surface area contributed by atoms with Crippen molar-refractivity contribution in [1.82, 2.24) is 10.2 Å². The van der Waals surface area contributed by atoms with Crippen molar-refractivity contribution in [3.8, 4) is 11.3 Å². The Bertz CT molecular complexity index is 620. The molecule has 1 aromatic carbocycles. The van der Waals surface area contributed by atoms with Gasteiger partial charge in [0.05, 0.1) is 5.69 Å². The standard InChI is InChI=1S/C11H9N3O/c12-11(15)10-8-5-6-3-1-2-4-7(6)9(8)13-14-10/h1-5,13-14H,(H2,12,15). The molecule has 2 aliphatic rings. The number of nitrogens with two attached hydrogens (primary N) is 1. The number of aromatic amines is 2. The summed E-state index contributed by atoms with van der Waals surface area (Å²) in [6.45, 7) is 0. The fourth-order valence-corrected chi connectivity index (χ4v) is 1.94. The number of hydrogen-bond acceptors (Lipinski definition) is 1. The highest BCUT2D eigenvalue weighted by atomic mass is 16.1. The molecule has 0 saturated carbocycles. The van der Waals surface area contributed by atoms with E-state index >= 15 is 0 Å². The fraction of sp³-hybridized carbons (Fsp3) is 0. The van der Waals surface area contributed by atoms with E-state index in [1.807, 2.05) is 30.3 Å². The van der Waals surface area contributed by atoms with Gasteiger partial charge in [0.1, 0.15) is 5.69 Å². The molecule has 4 nitrogen and oxygen atoms in total. The van der Waals surface area contributed by atoms with Crippen LogP contribution in [0.5, 0.6) is 0 Å². The minimum absolute atomic E-state index is 0.432. The Morgan fingerprint density at radius 2 is 2.00 bits per heavy atom. The highest BCUT2D eigenvalue weighted by Gasteiger charge is 2.18. The Hall–Kier alpha value is -2.23. The third kappa shape index (κ3) is 0.985. The number of aromatic nitrogens is 2. The average molecular weight is 199 g/mol. The van der Waals surface area contributed by atoms with Crippen molar-refractivity contribution in [3.63, 3.8) is 0 Å². The monoisotopic (exact) mass is 199 g/mol. The number of carbonyl (C=O) groups excluding carboxylic acids is 1. The van der Waals surface area contributed by atoms with Crippen LogP contribution in [0.1, 0.15) is 10.5 Å². The zero-order valence-electron chi connectivity index (χ0n) is 7.87. The minimum atomic E-state index is -0.448. The predicted molar refractivity (Wildman–Crippen MR) is 57.8 cm³/mol. The Morgan fingerprint density at radius 1 is 1.20 bits per heavy atom. The van der Waals surface area contributed by atoms with Crippen LogP contribution in [0.25, 0.3) is 22.0 Å². The molecule has 0 bridgehead atoms. The summed E-state index contributed by atoms with van der Waals surface area (Å²) in [4.78, 5) is 11.1. The van der Waals surface area contributed by atoms with E-state index in [2.05, 4.69) is 10.2 Å². The van der Waals surface area contributed by atoms with Gasteiger partial charge in [0.15, 0.2) is 0 Å². The first kappa shape index (κ1) is 8.11. The number of benzene rings is 1. The van der Waals surface area contributed by atoms with E-state index in [1.165, 1.54) is 0 Å². The van der Waals surface area contributed by atoms with Crippen molar-refractivity contribution in [3.05, 3.63) is 36.0 Å². The second-order valence-corrected chi connectivity index (χ2v) is 3.51. The van der Waals surface area contributed by atoms with Gasteiger partial charge in [-0.05, 0) is 11.5 Å². The maximum absolute atomic E-state index is 11.1. The van der Waals surface area contributed by atoms with E-state index < -0.39 is 5.91 Å². The number of H-pyrrole nitrogens is 2. The zero-order chi connectivity index (χ0) is 10.4. The van der Waals surface area contributed by atoms with Crippen LogP contribution in [-0.4, -0.2) is 16.1 Å². The largest absolute Gasteiger partial charge is 0.364 e. The molecule has 0 aromatic heterocycles. The lowest BCUT2D eigenvalue weighted by molar-refractivity contribution is 0.0996. The van der Waals surface area contributed by atoms with Crippen LogP contribution in [0, 0.1) is 0 Å². The number of nitrogens with one attached hydrogen (secondary N) is 2. The number of primary amides is 1. The molecule has 0 spiro atoms. The van der Waals surface area contributed by atoms with Gasteiger partial charge in [-0.2, -0.15) is 0 Å². The summed E-state index contributed by atoms with van der Waals surface area (Å²) in [6.07, 6.45) is 0. The van der Waals surface area contributed by atoms with E-state index in [0.717, 1.165) is 22.0 Å². The van der Waals surface area contributed by atoms with Gasteiger partial charge in [-0.1, -0.05) is 24.3 Å². The first-order valence-corrected chi connectivity index (χ1v) is 4.65. The lowest BCUT2D eigenvalue weighted by Gasteiger charge is -1.89. The quantitative estimate of drug-likeness (QED) is 0.548. The molecular weight excluding hydrogens is 190 g/mol. The van der Waals surface area contributed by atoms with Crippen LogP contribution >= 0.6 is 0 Å². The molecular formula is C11H9N3O. The predicted octanol–water partition coefficient (Wildman–Crippen LogP) is 1.70. The van der Waals surface area contributed by atoms with Gasteiger partial charge in [0.25, 0.3) is 5.91 Å². The number of amides is 1. The molecule has 0 saturated heterocycles. The lowest BCUT2D eigenvalue weighted by atomic mass is 10.2. The van der Waals surface area contributed by atoms with Crippen LogP contribution in [-0.2, 0) is 0 Å². The summed E-state index contributed by atoms with van der Waals surface area (Å²) < 4.78 is 0. The Labute approximate surface area is 85.4 Å². The third-order valence-electron chi connectivity index (χ3n) is 2.63. The zero-order valence-corrected chi connectivity index (χ0v) is 7.87. The number of hydrogen-bond donors (Lipinski definition) is 3. The summed E-state index contributed by atoms with van der Waals surface area (Å²) in [7, 11) is 0. The SMILES string of the molecule is NC(=O)c1[nH][nH]c2c3ccccc3cc1-2. The van der Waals surface area contributed by atoms with Crippen molar-refractivity contribution >= 4 is 16.7 Å². The second kappa shape index (κ2) is 2.63. The highest BCUT2D eigenvalue weighted by Crippen LogP contribution is 2.34. The Balaban J connectivity index is 2.40. The van der Waals surface area contributed by atoms with Crippen LogP contribution in [0.2, 0.25) is 0 Å². The van der Waals surface area contributed by atoms with Crippen molar-refractivity contribution in [1.29, 1.82) is 0 Å². The van der Waals surface area contributed by atoms with Gasteiger partial charge in [-0.15, -0.1) is 0 Å². The Kier molecular flexibility index (Phi) is 1.42. The van der Waals surface area contributed by atoms with Gasteiger partial charge in [0, 0.05) is 10.9 Å². The minimum Gasteiger partial charge on any atom is -0.364 e. The van der Waals surface area contributed by atoms with Gasteiger partial charge in [0.2, 0.25) is 0 Å². The molecule has 0 fully saturated rings. The third-order valence-corrected chi connectivity index (χ3v) is 2.63. The van der Waals surface area contributed by atoms with E-state index in [0.29, 0.717) is 5.69 Å². The van der Waals surface area contributed by atoms with E-state index in [-0.39, 0.29) is 0 Å². The van der Waals surface area contributed by atoms with E-state index in [9.17, 15) is 4.79 Å². The van der Waals surface area contributed by atoms with Crippen LogP contribution in [0.3, 0.4) is 0 Å². The maximum atomic E-state index is 11.1. The van der Waals surface area contributed by atoms with E-state index in [1.54, 1.807) is 0 Å². The van der Waals surface area contributed by atoms with Gasteiger partial charge in [-0.25, -0.2) is 0 Å². The van der Waals surface area contributed by atoms with Crippen molar-refractivity contribution < 1.29 is 4.79 Å². The van der Waals surface area contributed by atoms with Gasteiger partial charge < -0.3 is 5.73 Å². The molecule has 74 valence electrons. The molecule has 15 heavy (non-hydrogen) atoms. The molecule has 0 unspecified atom stereocenters. The summed E-state index contributed by atoms with van der Waals surface area (Å²) in [6, 6.07) is 9.90. The summed E-state index contributed by atoms with van der Waals surface area (Å²) in [5.41, 5.74) is 7.47. The average Bonchev–Trinajstić information content (AvgIpc) is 2.74. The summed E-state index contributed by atoms with van der Waals surface area (Å²) in [5.74, 6) is -0.448. The number of carbonyl (C=O) groups is 1. The molecule has 1 amide bonds. The molecule has 0 radical (unpaired) electrons. The normalized spacial score (nSPS) is 11.2. The van der Waals surface area contributed by atoms with Crippen LogP contribution < -0.4 is 5.73 Å². The van der Waals surface area contributed by atoms with E-state index in [4.69, 9.17) is 5.73 Å². The fourth-order valence-electron chi connectivity index (χ4n) is 1.94. The first-order chi connectivity index (χ1) is 7.27.